The highest BCUT2D eigenvalue weighted by Crippen LogP contribution is 2.33. The molecule has 25 heavy (non-hydrogen) atoms. The van der Waals surface area contributed by atoms with Crippen molar-refractivity contribution in [2.75, 3.05) is 39.4 Å². The first kappa shape index (κ1) is 18.2. The van der Waals surface area contributed by atoms with Gasteiger partial charge in [-0.3, -0.25) is 0 Å². The van der Waals surface area contributed by atoms with Crippen molar-refractivity contribution in [1.82, 2.24) is 10.6 Å². The second-order valence-corrected chi connectivity index (χ2v) is 7.51. The highest BCUT2D eigenvalue weighted by molar-refractivity contribution is 8.00. The summed E-state index contributed by atoms with van der Waals surface area (Å²) in [4.78, 5) is 4.72. The van der Waals surface area contributed by atoms with Gasteiger partial charge in [-0.2, -0.15) is 11.8 Å². The maximum absolute atomic E-state index is 5.51. The lowest BCUT2D eigenvalue weighted by atomic mass is 9.99. The molecule has 0 saturated carbocycles. The number of benzene rings is 1. The summed E-state index contributed by atoms with van der Waals surface area (Å²) in [5.74, 6) is 2.45. The largest absolute Gasteiger partial charge is 0.454 e. The van der Waals surface area contributed by atoms with E-state index in [0.717, 1.165) is 62.2 Å². The van der Waals surface area contributed by atoms with Gasteiger partial charge in [0.2, 0.25) is 6.79 Å². The lowest BCUT2D eigenvalue weighted by Crippen LogP contribution is -2.47. The maximum Gasteiger partial charge on any atom is 0.231 e. The van der Waals surface area contributed by atoms with Gasteiger partial charge < -0.3 is 24.8 Å². The van der Waals surface area contributed by atoms with Gasteiger partial charge in [0.1, 0.15) is 0 Å². The maximum atomic E-state index is 5.51. The van der Waals surface area contributed by atoms with E-state index >= 15 is 0 Å². The summed E-state index contributed by atoms with van der Waals surface area (Å²) in [5, 5.41) is 6.84. The van der Waals surface area contributed by atoms with Crippen LogP contribution < -0.4 is 20.1 Å². The van der Waals surface area contributed by atoms with Gasteiger partial charge in [-0.05, 0) is 43.7 Å². The molecule has 2 aliphatic rings. The SMILES string of the molecule is CCNC(=NCc1ccc2c(c1)OCO2)NCC1(SC)CCOCC1. The Hall–Kier alpha value is -1.60. The minimum Gasteiger partial charge on any atom is -0.454 e. The third-order valence-corrected chi connectivity index (χ3v) is 6.03. The average molecular weight is 365 g/mol. The van der Waals surface area contributed by atoms with Crippen LogP contribution in [0.4, 0.5) is 0 Å². The third-order valence-electron chi connectivity index (χ3n) is 4.62. The van der Waals surface area contributed by atoms with Crippen LogP contribution in [0.2, 0.25) is 0 Å². The molecule has 6 nitrogen and oxygen atoms in total. The fraction of sp³-hybridized carbons (Fsp3) is 0.611. The summed E-state index contributed by atoms with van der Waals surface area (Å²) in [7, 11) is 0. The smallest absolute Gasteiger partial charge is 0.231 e. The van der Waals surface area contributed by atoms with Gasteiger partial charge in [0.25, 0.3) is 0 Å². The zero-order valence-electron chi connectivity index (χ0n) is 15.0. The van der Waals surface area contributed by atoms with Gasteiger partial charge in [0.05, 0.1) is 6.54 Å². The van der Waals surface area contributed by atoms with Crippen LogP contribution in [-0.4, -0.2) is 50.1 Å². The zero-order valence-corrected chi connectivity index (χ0v) is 15.8. The molecule has 3 rings (SSSR count). The van der Waals surface area contributed by atoms with Crippen molar-refractivity contribution in [3.05, 3.63) is 23.8 Å². The predicted octanol–water partition coefficient (Wildman–Crippen LogP) is 2.38. The fourth-order valence-corrected chi connectivity index (χ4v) is 3.78. The summed E-state index contributed by atoms with van der Waals surface area (Å²) in [6.07, 6.45) is 4.33. The molecular weight excluding hydrogens is 338 g/mol. The van der Waals surface area contributed by atoms with Gasteiger partial charge in [-0.15, -0.1) is 0 Å². The van der Waals surface area contributed by atoms with Crippen LogP contribution >= 0.6 is 11.8 Å². The van der Waals surface area contributed by atoms with E-state index in [4.69, 9.17) is 19.2 Å². The quantitative estimate of drug-likeness (QED) is 0.596. The summed E-state index contributed by atoms with van der Waals surface area (Å²) >= 11 is 1.93. The number of guanidine groups is 1. The van der Waals surface area contributed by atoms with Crippen LogP contribution in [0.3, 0.4) is 0 Å². The van der Waals surface area contributed by atoms with Gasteiger partial charge in [0, 0.05) is 31.1 Å². The summed E-state index contributed by atoms with van der Waals surface area (Å²) in [5.41, 5.74) is 1.10. The van der Waals surface area contributed by atoms with Gasteiger partial charge in [-0.25, -0.2) is 4.99 Å². The van der Waals surface area contributed by atoms with Crippen molar-refractivity contribution in [2.24, 2.45) is 4.99 Å². The lowest BCUT2D eigenvalue weighted by Gasteiger charge is -2.36. The van der Waals surface area contributed by atoms with E-state index in [1.807, 2.05) is 30.0 Å². The van der Waals surface area contributed by atoms with Crippen LogP contribution in [0.25, 0.3) is 0 Å². The topological polar surface area (TPSA) is 64.1 Å². The van der Waals surface area contributed by atoms with E-state index in [9.17, 15) is 0 Å². The molecule has 0 amide bonds. The zero-order chi connectivity index (χ0) is 17.5. The molecule has 2 heterocycles. The van der Waals surface area contributed by atoms with Gasteiger partial charge in [-0.1, -0.05) is 6.07 Å². The molecule has 1 aromatic rings. The Morgan fingerprint density at radius 2 is 2.00 bits per heavy atom. The van der Waals surface area contributed by atoms with Crippen LogP contribution in [0.5, 0.6) is 11.5 Å². The van der Waals surface area contributed by atoms with Crippen molar-refractivity contribution in [3.63, 3.8) is 0 Å². The van der Waals surface area contributed by atoms with Crippen LogP contribution in [0.15, 0.2) is 23.2 Å². The molecule has 1 fully saturated rings. The van der Waals surface area contributed by atoms with Crippen LogP contribution in [0, 0.1) is 0 Å². The molecule has 0 atom stereocenters. The standard InChI is InChI=1S/C18H27N3O3S/c1-3-19-17(21-12-18(25-2)6-8-22-9-7-18)20-11-14-4-5-15-16(10-14)24-13-23-15/h4-5,10H,3,6-9,11-13H2,1-2H3,(H2,19,20,21). The fourth-order valence-electron chi connectivity index (χ4n) is 2.99. The number of nitrogens with one attached hydrogen (secondary N) is 2. The van der Waals surface area contributed by atoms with Crippen molar-refractivity contribution in [3.8, 4) is 11.5 Å². The average Bonchev–Trinajstić information content (AvgIpc) is 3.12. The summed E-state index contributed by atoms with van der Waals surface area (Å²) in [6, 6.07) is 5.97. The molecule has 0 radical (unpaired) electrons. The van der Waals surface area contributed by atoms with Crippen molar-refractivity contribution in [1.29, 1.82) is 0 Å². The van der Waals surface area contributed by atoms with Crippen LogP contribution in [0.1, 0.15) is 25.3 Å². The minimum absolute atomic E-state index is 0.229. The third kappa shape index (κ3) is 4.73. The van der Waals surface area contributed by atoms with Crippen molar-refractivity contribution < 1.29 is 14.2 Å². The number of nitrogens with zero attached hydrogens (tertiary/aromatic N) is 1. The molecule has 0 aliphatic carbocycles. The van der Waals surface area contributed by atoms with Gasteiger partial charge >= 0.3 is 0 Å². The molecule has 1 saturated heterocycles. The van der Waals surface area contributed by atoms with E-state index < -0.39 is 0 Å². The molecule has 0 bridgehead atoms. The Balaban J connectivity index is 1.60. The molecule has 1 aromatic carbocycles. The first-order valence-electron chi connectivity index (χ1n) is 8.78. The second kappa shape index (κ2) is 8.67. The Morgan fingerprint density at radius 1 is 1.20 bits per heavy atom. The normalized spacial score (nSPS) is 18.9. The molecule has 0 aromatic heterocycles. The van der Waals surface area contributed by atoms with E-state index in [1.54, 1.807) is 0 Å². The Kier molecular flexibility index (Phi) is 6.31. The van der Waals surface area contributed by atoms with Crippen molar-refractivity contribution in [2.45, 2.75) is 31.1 Å². The molecule has 138 valence electrons. The molecular formula is C18H27N3O3S. The first-order chi connectivity index (χ1) is 12.2. The number of thioether (sulfide) groups is 1. The Morgan fingerprint density at radius 3 is 2.76 bits per heavy atom. The highest BCUT2D eigenvalue weighted by atomic mass is 32.2. The summed E-state index contributed by atoms with van der Waals surface area (Å²) in [6.45, 7) is 6.39. The molecule has 0 unspecified atom stereocenters. The molecule has 0 spiro atoms. The number of ether oxygens (including phenoxy) is 3. The van der Waals surface area contributed by atoms with Crippen LogP contribution in [-0.2, 0) is 11.3 Å². The number of rotatable bonds is 6. The highest BCUT2D eigenvalue weighted by Gasteiger charge is 2.31. The van der Waals surface area contributed by atoms with E-state index in [1.165, 1.54) is 0 Å². The lowest BCUT2D eigenvalue weighted by molar-refractivity contribution is 0.0783. The first-order valence-corrected chi connectivity index (χ1v) is 10.0. The number of hydrogen-bond donors (Lipinski definition) is 2. The predicted molar refractivity (Wildman–Crippen MR) is 102 cm³/mol. The number of fused-ring (bicyclic) bond motifs is 1. The van der Waals surface area contributed by atoms with Crippen molar-refractivity contribution >= 4 is 17.7 Å². The molecule has 7 heteroatoms. The number of aliphatic imine (C=N–C) groups is 1. The van der Waals surface area contributed by atoms with Gasteiger partial charge in [0.15, 0.2) is 17.5 Å². The van der Waals surface area contributed by atoms with E-state index in [2.05, 4.69) is 23.8 Å². The monoisotopic (exact) mass is 365 g/mol. The second-order valence-electron chi connectivity index (χ2n) is 6.24. The minimum atomic E-state index is 0.229. The summed E-state index contributed by atoms with van der Waals surface area (Å²) < 4.78 is 16.5. The number of hydrogen-bond acceptors (Lipinski definition) is 5. The molecule has 2 N–H and O–H groups in total. The van der Waals surface area contributed by atoms with E-state index in [0.29, 0.717) is 13.3 Å². The Labute approximate surface area is 153 Å². The molecule has 2 aliphatic heterocycles. The Bertz CT molecular complexity index is 603. The van der Waals surface area contributed by atoms with E-state index in [-0.39, 0.29) is 4.75 Å².